The molecule has 0 heterocycles. The van der Waals surface area contributed by atoms with Gasteiger partial charge in [-0.1, -0.05) is 48.5 Å². The lowest BCUT2D eigenvalue weighted by atomic mass is 9.89. The number of rotatable bonds is 7. The summed E-state index contributed by atoms with van der Waals surface area (Å²) in [5.74, 6) is -5.04. The maximum Gasteiger partial charge on any atom is 0.408 e. The van der Waals surface area contributed by atoms with E-state index in [1.807, 2.05) is 48.5 Å². The van der Waals surface area contributed by atoms with Crippen molar-refractivity contribution >= 4 is 18.0 Å². The van der Waals surface area contributed by atoms with Crippen molar-refractivity contribution in [2.45, 2.75) is 37.8 Å². The Balaban J connectivity index is 1.40. The Morgan fingerprint density at radius 1 is 1.03 bits per heavy atom. The Labute approximate surface area is 206 Å². The van der Waals surface area contributed by atoms with Crippen LogP contribution in [0.25, 0.3) is 11.1 Å². The molecule has 5 rings (SSSR count). The fraction of sp³-hybridized carbons (Fsp3) is 0.444. The highest BCUT2D eigenvalue weighted by molar-refractivity contribution is 5.91. The van der Waals surface area contributed by atoms with Crippen LogP contribution in [-0.4, -0.2) is 54.6 Å². The second-order valence-corrected chi connectivity index (χ2v) is 8.94. The van der Waals surface area contributed by atoms with Crippen LogP contribution in [0.15, 0.2) is 48.5 Å². The molecule has 0 bridgehead atoms. The fourth-order valence-corrected chi connectivity index (χ4v) is 5.62. The number of esters is 2. The number of alkyl carbamates (subject to hydrolysis) is 1. The van der Waals surface area contributed by atoms with E-state index in [9.17, 15) is 19.5 Å². The molecule has 0 radical (unpaired) electrons. The quantitative estimate of drug-likeness (QED) is 0.460. The summed E-state index contributed by atoms with van der Waals surface area (Å²) in [5.41, 5.74) is 1.96. The first-order chi connectivity index (χ1) is 17.7. The Hall–Kier alpha value is -3.39. The van der Waals surface area contributed by atoms with Gasteiger partial charge in [0, 0.05) is 25.5 Å². The van der Waals surface area contributed by atoms with Crippen molar-refractivity contribution in [1.82, 2.24) is 5.32 Å². The van der Waals surface area contributed by atoms with E-state index in [1.54, 1.807) is 13.8 Å². The van der Waals surface area contributed by atoms with Gasteiger partial charge in [-0.2, -0.15) is 0 Å². The predicted molar refractivity (Wildman–Crippen MR) is 125 cm³/mol. The highest BCUT2D eigenvalue weighted by atomic mass is 16.6. The molecule has 0 aromatic heterocycles. The van der Waals surface area contributed by atoms with Crippen molar-refractivity contribution in [2.75, 3.05) is 19.8 Å². The molecule has 0 saturated heterocycles. The lowest BCUT2D eigenvalue weighted by Gasteiger charge is -2.31. The Morgan fingerprint density at radius 2 is 1.63 bits per heavy atom. The number of benzene rings is 2. The first kappa shape index (κ1) is 20.9. The van der Waals surface area contributed by atoms with Gasteiger partial charge in [-0.25, -0.2) is 9.59 Å². The van der Waals surface area contributed by atoms with E-state index < -0.39 is 53.8 Å². The maximum atomic E-state index is 13.2. The molecule has 8 heteroatoms. The monoisotopic (exact) mass is 483 g/mol. The molecule has 1 amide bonds. The molecule has 0 spiro atoms. The summed E-state index contributed by atoms with van der Waals surface area (Å²) in [4.78, 5) is 38.9. The van der Waals surface area contributed by atoms with Crippen LogP contribution in [0.2, 0.25) is 0 Å². The first-order valence-corrected chi connectivity index (χ1v) is 11.8. The second-order valence-electron chi connectivity index (χ2n) is 8.94. The lowest BCUT2D eigenvalue weighted by molar-refractivity contribution is -0.154. The third-order valence-electron chi connectivity index (χ3n) is 7.09. The lowest BCUT2D eigenvalue weighted by Crippen LogP contribution is -2.57. The number of carbonyl (C=O) groups excluding carboxylic acids is 3. The molecule has 8 nitrogen and oxygen atoms in total. The molecule has 0 aliphatic heterocycles. The van der Waals surface area contributed by atoms with Gasteiger partial charge in [0.05, 0.1) is 26.6 Å². The van der Waals surface area contributed by atoms with Crippen LogP contribution in [0.1, 0.15) is 40.0 Å². The molecule has 3 aliphatic carbocycles. The van der Waals surface area contributed by atoms with Gasteiger partial charge < -0.3 is 24.6 Å². The van der Waals surface area contributed by atoms with Gasteiger partial charge in [-0.05, 0) is 36.1 Å². The summed E-state index contributed by atoms with van der Waals surface area (Å²) in [5, 5.41) is 13.3. The summed E-state index contributed by atoms with van der Waals surface area (Å²) < 4.78 is 32.8. The minimum Gasteiger partial charge on any atom is -0.466 e. The normalized spacial score (nSPS) is 32.9. The molecule has 3 aliphatic rings. The number of hydrogen-bond donors (Lipinski definition) is 2. The van der Waals surface area contributed by atoms with E-state index >= 15 is 0 Å². The molecule has 35 heavy (non-hydrogen) atoms. The zero-order valence-electron chi connectivity index (χ0n) is 21.5. The minimum absolute atomic E-state index is 0.0397. The van der Waals surface area contributed by atoms with Gasteiger partial charge in [0.15, 0.2) is 0 Å². The number of ether oxygens (including phenoxy) is 3. The van der Waals surface area contributed by atoms with E-state index in [2.05, 4.69) is 5.32 Å². The zero-order valence-corrected chi connectivity index (χ0v) is 19.5. The summed E-state index contributed by atoms with van der Waals surface area (Å²) in [7, 11) is 0. The van der Waals surface area contributed by atoms with Crippen LogP contribution in [0.5, 0.6) is 0 Å². The standard InChI is InChI=1S/C27H29NO7/c1-3-33-24(30)22-21-20(29)13-27(23(21)22,25(31)34-4-2)28-26(32)35-14-19-17-11-7-5-9-15(17)16-10-6-8-12-18(16)19/h5-12,19-23,29H,3-4,13-14H2,1-2H3,(H,28,32)/t20-,21-,22-,23-,27-/m0/s1/i13T,20T/t13?,20-,21-,22-,23-,27-. The highest BCUT2D eigenvalue weighted by Crippen LogP contribution is 2.63. The molecular formula is C27H29NO7. The van der Waals surface area contributed by atoms with E-state index in [4.69, 9.17) is 17.0 Å². The van der Waals surface area contributed by atoms with Gasteiger partial charge in [-0.3, -0.25) is 4.79 Å². The average Bonchev–Trinajstić information content (AvgIpc) is 3.53. The van der Waals surface area contributed by atoms with Gasteiger partial charge in [-0.15, -0.1) is 0 Å². The maximum absolute atomic E-state index is 13.2. The third-order valence-corrected chi connectivity index (χ3v) is 7.09. The summed E-state index contributed by atoms with van der Waals surface area (Å²) >= 11 is 0. The van der Waals surface area contributed by atoms with Crippen LogP contribution in [0.3, 0.4) is 0 Å². The largest absolute Gasteiger partial charge is 0.466 e. The predicted octanol–water partition coefficient (Wildman–Crippen LogP) is 3.02. The summed E-state index contributed by atoms with van der Waals surface area (Å²) in [6.45, 7) is 3.15. The number of hydrogen-bond acceptors (Lipinski definition) is 7. The molecule has 2 fully saturated rings. The van der Waals surface area contributed by atoms with Crippen LogP contribution in [-0.2, 0) is 23.8 Å². The molecule has 2 aromatic rings. The van der Waals surface area contributed by atoms with Crippen LogP contribution < -0.4 is 5.32 Å². The van der Waals surface area contributed by atoms with Crippen molar-refractivity contribution in [3.05, 3.63) is 59.7 Å². The number of fused-ring (bicyclic) bond motifs is 4. The molecular weight excluding hydrogens is 450 g/mol. The van der Waals surface area contributed by atoms with Crippen molar-refractivity contribution in [3.63, 3.8) is 0 Å². The average molecular weight is 484 g/mol. The van der Waals surface area contributed by atoms with E-state index in [-0.39, 0.29) is 25.7 Å². The number of amides is 1. The number of carbonyl (C=O) groups is 3. The van der Waals surface area contributed by atoms with E-state index in [0.717, 1.165) is 22.3 Å². The SMILES string of the molecule is [3H]C1[C@]([3H])(O)[C@H]2[C@H](C(=O)OCC)[C@H]2[C@]1(NC(=O)OCC1c2ccccc2-c2ccccc21)C(=O)OCC. The van der Waals surface area contributed by atoms with E-state index in [1.165, 1.54) is 0 Å². The third kappa shape index (κ3) is 3.76. The van der Waals surface area contributed by atoms with Crippen LogP contribution in [0, 0.1) is 17.8 Å². The zero-order chi connectivity index (χ0) is 26.5. The second kappa shape index (κ2) is 9.00. The number of nitrogens with one attached hydrogen (secondary N) is 1. The summed E-state index contributed by atoms with van der Waals surface area (Å²) in [6, 6.07) is 15.7. The first-order valence-electron chi connectivity index (χ1n) is 12.9. The number of aliphatic hydroxyl groups is 1. The molecule has 2 saturated carbocycles. The van der Waals surface area contributed by atoms with Crippen molar-refractivity contribution in [3.8, 4) is 11.1 Å². The fourth-order valence-electron chi connectivity index (χ4n) is 5.62. The smallest absolute Gasteiger partial charge is 0.408 e. The molecule has 6 atom stereocenters. The van der Waals surface area contributed by atoms with Crippen molar-refractivity contribution in [2.24, 2.45) is 17.8 Å². The molecule has 2 aromatic carbocycles. The topological polar surface area (TPSA) is 111 Å². The Kier molecular flexibility index (Phi) is 5.38. The van der Waals surface area contributed by atoms with Gasteiger partial charge in [0.25, 0.3) is 0 Å². The van der Waals surface area contributed by atoms with Crippen molar-refractivity contribution < 1.29 is 36.4 Å². The van der Waals surface area contributed by atoms with Gasteiger partial charge >= 0.3 is 18.0 Å². The molecule has 2 N–H and O–H groups in total. The van der Waals surface area contributed by atoms with E-state index in [0.29, 0.717) is 0 Å². The molecule has 184 valence electrons. The Morgan fingerprint density at radius 3 is 2.23 bits per heavy atom. The van der Waals surface area contributed by atoms with Gasteiger partial charge in [0.1, 0.15) is 12.1 Å². The minimum atomic E-state index is -2.48. The van der Waals surface area contributed by atoms with Crippen LogP contribution >= 0.6 is 0 Å². The van der Waals surface area contributed by atoms with Crippen LogP contribution in [0.4, 0.5) is 4.79 Å². The summed E-state index contributed by atoms with van der Waals surface area (Å²) in [6.07, 6.45) is -5.29. The Bertz CT molecular complexity index is 1210. The molecule has 1 unspecified atom stereocenters. The van der Waals surface area contributed by atoms with Crippen molar-refractivity contribution in [1.29, 1.82) is 0 Å². The van der Waals surface area contributed by atoms with Gasteiger partial charge in [0.2, 0.25) is 0 Å². The highest BCUT2D eigenvalue weighted by Gasteiger charge is 2.76.